The van der Waals surface area contributed by atoms with Gasteiger partial charge in [0.25, 0.3) is 10.0 Å². The van der Waals surface area contributed by atoms with Gasteiger partial charge in [-0.05, 0) is 35.7 Å². The van der Waals surface area contributed by atoms with Crippen LogP contribution in [0, 0.1) is 0 Å². The molecule has 0 bridgehead atoms. The fourth-order valence-electron chi connectivity index (χ4n) is 2.92. The smallest absolute Gasteiger partial charge is 0.262 e. The van der Waals surface area contributed by atoms with Crippen molar-refractivity contribution in [3.63, 3.8) is 0 Å². The summed E-state index contributed by atoms with van der Waals surface area (Å²) >= 11 is 11.9. The van der Waals surface area contributed by atoms with Crippen LogP contribution in [-0.4, -0.2) is 18.4 Å². The second kappa shape index (κ2) is 7.39. The Kier molecular flexibility index (Phi) is 4.93. The van der Waals surface area contributed by atoms with Crippen LogP contribution in [0.2, 0.25) is 10.0 Å². The van der Waals surface area contributed by atoms with Crippen LogP contribution in [0.15, 0.2) is 78.0 Å². The number of anilines is 1. The maximum atomic E-state index is 12.9. The van der Waals surface area contributed by atoms with Gasteiger partial charge in [0.15, 0.2) is 5.82 Å². The number of sulfonamides is 1. The van der Waals surface area contributed by atoms with Crippen molar-refractivity contribution in [1.82, 2.24) is 9.97 Å². The lowest BCUT2D eigenvalue weighted by Crippen LogP contribution is -2.13. The average molecular weight is 430 g/mol. The van der Waals surface area contributed by atoms with Crippen LogP contribution in [-0.2, 0) is 10.0 Å². The number of hydrogen-bond acceptors (Lipinski definition) is 4. The summed E-state index contributed by atoms with van der Waals surface area (Å²) in [6.07, 6.45) is 3.33. The van der Waals surface area contributed by atoms with Crippen molar-refractivity contribution in [1.29, 1.82) is 0 Å². The van der Waals surface area contributed by atoms with Gasteiger partial charge in [0.2, 0.25) is 0 Å². The first kappa shape index (κ1) is 18.7. The molecule has 0 aliphatic heterocycles. The van der Waals surface area contributed by atoms with Gasteiger partial charge in [-0.2, -0.15) is 0 Å². The molecule has 0 unspecified atom stereocenters. The van der Waals surface area contributed by atoms with E-state index in [-0.39, 0.29) is 14.9 Å². The van der Waals surface area contributed by atoms with Crippen LogP contribution in [0.5, 0.6) is 0 Å². The minimum absolute atomic E-state index is 0.00968. The molecule has 0 amide bonds. The number of nitrogens with zero attached hydrogens (tertiary/aromatic N) is 2. The lowest BCUT2D eigenvalue weighted by Gasteiger charge is -2.13. The Morgan fingerprint density at radius 1 is 0.786 bits per heavy atom. The van der Waals surface area contributed by atoms with Gasteiger partial charge in [0, 0.05) is 33.4 Å². The molecule has 0 saturated heterocycles. The molecule has 1 heterocycles. The molecule has 0 saturated carbocycles. The normalized spacial score (nSPS) is 11.5. The van der Waals surface area contributed by atoms with E-state index in [2.05, 4.69) is 14.7 Å². The summed E-state index contributed by atoms with van der Waals surface area (Å²) in [6, 6.07) is 16.9. The van der Waals surface area contributed by atoms with Crippen LogP contribution in [0.4, 0.5) is 5.69 Å². The largest absolute Gasteiger partial charge is 0.279 e. The van der Waals surface area contributed by atoms with E-state index < -0.39 is 10.0 Å². The van der Waals surface area contributed by atoms with Crippen molar-refractivity contribution in [3.8, 4) is 11.4 Å². The summed E-state index contributed by atoms with van der Waals surface area (Å²) in [7, 11) is -3.88. The van der Waals surface area contributed by atoms with Crippen molar-refractivity contribution >= 4 is 49.7 Å². The van der Waals surface area contributed by atoms with Crippen molar-refractivity contribution in [2.45, 2.75) is 4.90 Å². The van der Waals surface area contributed by atoms with Crippen molar-refractivity contribution in [2.24, 2.45) is 0 Å². The van der Waals surface area contributed by atoms with E-state index in [0.717, 1.165) is 16.3 Å². The molecule has 1 N–H and O–H groups in total. The van der Waals surface area contributed by atoms with E-state index in [4.69, 9.17) is 23.2 Å². The summed E-state index contributed by atoms with van der Waals surface area (Å²) in [4.78, 5) is 8.57. The fourth-order valence-corrected chi connectivity index (χ4v) is 4.72. The Hall–Kier alpha value is -2.67. The Morgan fingerprint density at radius 2 is 1.43 bits per heavy atom. The minimum Gasteiger partial charge on any atom is -0.279 e. The molecule has 5 nitrogen and oxygen atoms in total. The van der Waals surface area contributed by atoms with Crippen molar-refractivity contribution in [2.75, 3.05) is 4.72 Å². The van der Waals surface area contributed by atoms with Gasteiger partial charge in [-0.15, -0.1) is 0 Å². The number of nitrogens with one attached hydrogen (secondary N) is 1. The predicted octanol–water partition coefficient (Wildman–Crippen LogP) is 5.40. The summed E-state index contributed by atoms with van der Waals surface area (Å²) in [5, 5.41) is 2.05. The number of benzene rings is 3. The molecule has 4 aromatic rings. The highest BCUT2D eigenvalue weighted by Gasteiger charge is 2.18. The summed E-state index contributed by atoms with van der Waals surface area (Å²) in [6.45, 7) is 0. The molecule has 3 aromatic carbocycles. The van der Waals surface area contributed by atoms with Gasteiger partial charge in [-0.25, -0.2) is 18.4 Å². The van der Waals surface area contributed by atoms with Crippen LogP contribution in [0.1, 0.15) is 0 Å². The topological polar surface area (TPSA) is 72.0 Å². The lowest BCUT2D eigenvalue weighted by molar-refractivity contribution is 0.601. The monoisotopic (exact) mass is 429 g/mol. The van der Waals surface area contributed by atoms with Crippen LogP contribution in [0.3, 0.4) is 0 Å². The highest BCUT2D eigenvalue weighted by atomic mass is 35.5. The first-order valence-corrected chi connectivity index (χ1v) is 10.5. The Labute approximate surface area is 172 Å². The number of fused-ring (bicyclic) bond motifs is 1. The molecule has 8 heteroatoms. The molecule has 0 aliphatic rings. The average Bonchev–Trinajstić information content (AvgIpc) is 2.67. The maximum Gasteiger partial charge on any atom is 0.262 e. The van der Waals surface area contributed by atoms with Gasteiger partial charge in [0.05, 0.1) is 10.6 Å². The second-order valence-corrected chi connectivity index (χ2v) is 8.54. The number of hydrogen-bond donors (Lipinski definition) is 1. The second-order valence-electron chi connectivity index (χ2n) is 5.99. The van der Waals surface area contributed by atoms with Gasteiger partial charge < -0.3 is 0 Å². The standard InChI is InChI=1S/C20H13Cl2N3O2S/c21-13-10-14(22)12-15(11-13)28(26,27)25-19-7-2-4-16-17(19)5-1-6-18(16)20-23-8-3-9-24-20/h1-12,25H. The summed E-state index contributed by atoms with van der Waals surface area (Å²) in [5.74, 6) is 0.565. The first-order chi connectivity index (χ1) is 13.4. The van der Waals surface area contributed by atoms with Gasteiger partial charge >= 0.3 is 0 Å². The van der Waals surface area contributed by atoms with Crippen LogP contribution >= 0.6 is 23.2 Å². The van der Waals surface area contributed by atoms with Gasteiger partial charge in [-0.3, -0.25) is 4.72 Å². The lowest BCUT2D eigenvalue weighted by atomic mass is 10.0. The third-order valence-electron chi connectivity index (χ3n) is 4.12. The highest BCUT2D eigenvalue weighted by molar-refractivity contribution is 7.92. The van der Waals surface area contributed by atoms with Crippen molar-refractivity contribution < 1.29 is 8.42 Å². The van der Waals surface area contributed by atoms with E-state index in [9.17, 15) is 8.42 Å². The first-order valence-electron chi connectivity index (χ1n) is 8.22. The molecule has 4 rings (SSSR count). The molecule has 0 radical (unpaired) electrons. The van der Waals surface area contributed by atoms with E-state index in [0.29, 0.717) is 11.5 Å². The molecule has 0 atom stereocenters. The molecule has 0 spiro atoms. The molecule has 0 fully saturated rings. The SMILES string of the molecule is O=S(=O)(Nc1cccc2c(-c3ncccn3)cccc12)c1cc(Cl)cc(Cl)c1. The van der Waals surface area contributed by atoms with E-state index in [1.165, 1.54) is 18.2 Å². The molecule has 0 aliphatic carbocycles. The molecule has 28 heavy (non-hydrogen) atoms. The molecular weight excluding hydrogens is 417 g/mol. The van der Waals surface area contributed by atoms with Crippen LogP contribution in [0.25, 0.3) is 22.2 Å². The minimum atomic E-state index is -3.88. The van der Waals surface area contributed by atoms with Gasteiger partial charge in [0.1, 0.15) is 0 Å². The molecule has 1 aromatic heterocycles. The summed E-state index contributed by atoms with van der Waals surface area (Å²) in [5.41, 5.74) is 1.25. The maximum absolute atomic E-state index is 12.9. The Morgan fingerprint density at radius 3 is 2.14 bits per heavy atom. The van der Waals surface area contributed by atoms with Crippen LogP contribution < -0.4 is 4.72 Å². The Bertz CT molecular complexity index is 1260. The molecular formula is C20H13Cl2N3O2S. The number of aromatic nitrogens is 2. The van der Waals surface area contributed by atoms with Gasteiger partial charge in [-0.1, -0.05) is 53.5 Å². The van der Waals surface area contributed by atoms with E-state index in [1.807, 2.05) is 24.3 Å². The zero-order chi connectivity index (χ0) is 19.7. The molecule has 140 valence electrons. The zero-order valence-corrected chi connectivity index (χ0v) is 16.6. The predicted molar refractivity (Wildman–Crippen MR) is 112 cm³/mol. The number of halogens is 2. The number of rotatable bonds is 4. The van der Waals surface area contributed by atoms with E-state index in [1.54, 1.807) is 30.6 Å². The quantitative estimate of drug-likeness (QED) is 0.470. The highest BCUT2D eigenvalue weighted by Crippen LogP contribution is 2.32. The van der Waals surface area contributed by atoms with Crippen molar-refractivity contribution in [3.05, 3.63) is 83.1 Å². The fraction of sp³-hybridized carbons (Fsp3) is 0. The third kappa shape index (κ3) is 3.67. The summed E-state index contributed by atoms with van der Waals surface area (Å²) < 4.78 is 28.3. The Balaban J connectivity index is 1.82. The van der Waals surface area contributed by atoms with E-state index >= 15 is 0 Å². The zero-order valence-electron chi connectivity index (χ0n) is 14.3. The third-order valence-corrected chi connectivity index (χ3v) is 5.90.